The molecule has 0 amide bonds. The van der Waals surface area contributed by atoms with Gasteiger partial charge in [-0.25, -0.2) is 0 Å². The van der Waals surface area contributed by atoms with E-state index in [0.717, 1.165) is 12.8 Å². The smallest absolute Gasteiger partial charge is 0.302 e. The fourth-order valence-corrected chi connectivity index (χ4v) is 3.89. The third kappa shape index (κ3) is 3.23. The predicted octanol–water partition coefficient (Wildman–Crippen LogP) is 3.89. The van der Waals surface area contributed by atoms with Crippen LogP contribution in [0.4, 0.5) is 0 Å². The average Bonchev–Trinajstić information content (AvgIpc) is 2.37. The summed E-state index contributed by atoms with van der Waals surface area (Å²) in [5.41, 5.74) is 2.34. The van der Waals surface area contributed by atoms with E-state index in [4.69, 9.17) is 9.47 Å². The molecule has 4 atom stereocenters. The van der Waals surface area contributed by atoms with Crippen LogP contribution in [0, 0.1) is 17.8 Å². The molecule has 2 aliphatic rings. The lowest BCUT2D eigenvalue weighted by atomic mass is 9.63. The molecule has 0 aromatic heterocycles. The fourth-order valence-electron chi connectivity index (χ4n) is 3.89. The molecule has 0 bridgehead atoms. The number of carbonyl (C=O) groups is 1. The summed E-state index contributed by atoms with van der Waals surface area (Å²) in [5.74, 6) is 0.997. The maximum absolute atomic E-state index is 11.5. The first kappa shape index (κ1) is 16.3. The molecule has 0 aromatic rings. The maximum Gasteiger partial charge on any atom is 0.302 e. The van der Waals surface area contributed by atoms with E-state index < -0.39 is 0 Å². The summed E-state index contributed by atoms with van der Waals surface area (Å²) in [4.78, 5) is 11.5. The van der Waals surface area contributed by atoms with Crippen molar-refractivity contribution in [2.24, 2.45) is 17.8 Å². The molecule has 0 saturated heterocycles. The van der Waals surface area contributed by atoms with Crippen LogP contribution in [0.15, 0.2) is 23.3 Å². The lowest BCUT2D eigenvalue weighted by Gasteiger charge is -2.46. The first-order valence-electron chi connectivity index (χ1n) is 7.86. The molecule has 0 aromatic carbocycles. The van der Waals surface area contributed by atoms with E-state index in [1.165, 1.54) is 18.1 Å². The summed E-state index contributed by atoms with van der Waals surface area (Å²) in [6, 6.07) is 0. The number of fused-ring (bicyclic) bond motifs is 1. The SMILES string of the molecule is COC(C)(C)C1=CCC(C)C2C(OC(C)=O)CC(C)=CC12. The quantitative estimate of drug-likeness (QED) is 0.585. The van der Waals surface area contributed by atoms with Crippen LogP contribution in [-0.4, -0.2) is 24.8 Å². The number of ether oxygens (including phenoxy) is 2. The molecular formula is C18H28O3. The summed E-state index contributed by atoms with van der Waals surface area (Å²) in [6.45, 7) is 10.1. The summed E-state index contributed by atoms with van der Waals surface area (Å²) in [7, 11) is 1.76. The van der Waals surface area contributed by atoms with Crippen molar-refractivity contribution in [2.45, 2.75) is 59.2 Å². The second-order valence-electron chi connectivity index (χ2n) is 7.06. The van der Waals surface area contributed by atoms with E-state index in [9.17, 15) is 4.79 Å². The van der Waals surface area contributed by atoms with Crippen molar-refractivity contribution in [3.63, 3.8) is 0 Å². The van der Waals surface area contributed by atoms with Crippen LogP contribution in [0.5, 0.6) is 0 Å². The Morgan fingerprint density at radius 1 is 1.38 bits per heavy atom. The lowest BCUT2D eigenvalue weighted by molar-refractivity contribution is -0.151. The molecule has 0 heterocycles. The molecule has 0 fully saturated rings. The van der Waals surface area contributed by atoms with Gasteiger partial charge < -0.3 is 9.47 Å². The number of allylic oxidation sites excluding steroid dienone is 2. The number of rotatable bonds is 3. The van der Waals surface area contributed by atoms with E-state index in [1.807, 2.05) is 0 Å². The molecule has 0 radical (unpaired) electrons. The van der Waals surface area contributed by atoms with E-state index in [1.54, 1.807) is 7.11 Å². The van der Waals surface area contributed by atoms with Crippen LogP contribution < -0.4 is 0 Å². The van der Waals surface area contributed by atoms with Gasteiger partial charge in [-0.3, -0.25) is 4.79 Å². The summed E-state index contributed by atoms with van der Waals surface area (Å²) in [5, 5.41) is 0. The van der Waals surface area contributed by atoms with Crippen molar-refractivity contribution in [3.05, 3.63) is 23.3 Å². The molecular weight excluding hydrogens is 264 g/mol. The summed E-state index contributed by atoms with van der Waals surface area (Å²) < 4.78 is 11.4. The summed E-state index contributed by atoms with van der Waals surface area (Å²) >= 11 is 0. The minimum absolute atomic E-state index is 0.0103. The highest BCUT2D eigenvalue weighted by Gasteiger charge is 2.44. The van der Waals surface area contributed by atoms with Crippen molar-refractivity contribution in [1.82, 2.24) is 0 Å². The molecule has 2 aliphatic carbocycles. The molecule has 3 heteroatoms. The molecule has 118 valence electrons. The van der Waals surface area contributed by atoms with Crippen LogP contribution in [-0.2, 0) is 14.3 Å². The number of hydrogen-bond donors (Lipinski definition) is 0. The minimum Gasteiger partial charge on any atom is -0.462 e. The van der Waals surface area contributed by atoms with Gasteiger partial charge in [0.1, 0.15) is 6.10 Å². The Kier molecular flexibility index (Phi) is 4.62. The molecule has 3 nitrogen and oxygen atoms in total. The van der Waals surface area contributed by atoms with Crippen LogP contribution >= 0.6 is 0 Å². The molecule has 0 aliphatic heterocycles. The highest BCUT2D eigenvalue weighted by atomic mass is 16.5. The number of esters is 1. The van der Waals surface area contributed by atoms with Gasteiger partial charge in [0.25, 0.3) is 0 Å². The second kappa shape index (κ2) is 5.96. The zero-order chi connectivity index (χ0) is 15.8. The minimum atomic E-state index is -0.280. The standard InChI is InChI=1S/C18H28O3/c1-11-9-14-15(18(4,5)20-6)8-7-12(2)17(14)16(10-11)21-13(3)19/h8-9,12,14,16-17H,7,10H2,1-6H3. The van der Waals surface area contributed by atoms with Gasteiger partial charge in [-0.05, 0) is 38.7 Å². The Labute approximate surface area is 128 Å². The highest BCUT2D eigenvalue weighted by molar-refractivity contribution is 5.66. The van der Waals surface area contributed by atoms with Crippen LogP contribution in [0.25, 0.3) is 0 Å². The monoisotopic (exact) mass is 292 g/mol. The highest BCUT2D eigenvalue weighted by Crippen LogP contribution is 2.47. The van der Waals surface area contributed by atoms with Gasteiger partial charge in [-0.2, -0.15) is 0 Å². The van der Waals surface area contributed by atoms with Crippen molar-refractivity contribution in [2.75, 3.05) is 7.11 Å². The lowest BCUT2D eigenvalue weighted by Crippen LogP contribution is -2.45. The Morgan fingerprint density at radius 3 is 2.62 bits per heavy atom. The predicted molar refractivity (Wildman–Crippen MR) is 83.9 cm³/mol. The summed E-state index contributed by atoms with van der Waals surface area (Å²) in [6.07, 6.45) is 6.55. The fraction of sp³-hybridized carbons (Fsp3) is 0.722. The van der Waals surface area contributed by atoms with Gasteiger partial charge in [0.2, 0.25) is 0 Å². The number of hydrogen-bond acceptors (Lipinski definition) is 3. The molecule has 4 unspecified atom stereocenters. The molecule has 2 rings (SSSR count). The van der Waals surface area contributed by atoms with Gasteiger partial charge in [-0.1, -0.05) is 24.6 Å². The first-order chi connectivity index (χ1) is 9.76. The van der Waals surface area contributed by atoms with Gasteiger partial charge in [0.15, 0.2) is 0 Å². The topological polar surface area (TPSA) is 35.5 Å². The Balaban J connectivity index is 2.39. The van der Waals surface area contributed by atoms with Crippen LogP contribution in [0.3, 0.4) is 0 Å². The molecule has 0 N–H and O–H groups in total. The van der Waals surface area contributed by atoms with Gasteiger partial charge >= 0.3 is 5.97 Å². The van der Waals surface area contributed by atoms with Gasteiger partial charge in [-0.15, -0.1) is 0 Å². The molecule has 21 heavy (non-hydrogen) atoms. The Hall–Kier alpha value is -1.09. The molecule has 0 saturated carbocycles. The largest absolute Gasteiger partial charge is 0.462 e. The Bertz CT molecular complexity index is 473. The normalized spacial score (nSPS) is 32.9. The van der Waals surface area contributed by atoms with Gasteiger partial charge in [0, 0.05) is 32.3 Å². The van der Waals surface area contributed by atoms with Crippen molar-refractivity contribution in [3.8, 4) is 0 Å². The average molecular weight is 292 g/mol. The van der Waals surface area contributed by atoms with Crippen LogP contribution in [0.2, 0.25) is 0 Å². The van der Waals surface area contributed by atoms with Crippen molar-refractivity contribution < 1.29 is 14.3 Å². The van der Waals surface area contributed by atoms with E-state index in [-0.39, 0.29) is 17.7 Å². The first-order valence-corrected chi connectivity index (χ1v) is 7.86. The number of carbonyl (C=O) groups excluding carboxylic acids is 1. The van der Waals surface area contributed by atoms with E-state index in [2.05, 4.69) is 39.8 Å². The van der Waals surface area contributed by atoms with Crippen molar-refractivity contribution >= 4 is 5.97 Å². The number of methoxy groups -OCH3 is 1. The Morgan fingerprint density at radius 2 is 2.05 bits per heavy atom. The second-order valence-corrected chi connectivity index (χ2v) is 7.06. The van der Waals surface area contributed by atoms with Crippen molar-refractivity contribution in [1.29, 1.82) is 0 Å². The molecule has 0 spiro atoms. The van der Waals surface area contributed by atoms with Crippen LogP contribution in [0.1, 0.15) is 47.5 Å². The third-order valence-corrected chi connectivity index (χ3v) is 5.08. The maximum atomic E-state index is 11.5. The van der Waals surface area contributed by atoms with Gasteiger partial charge in [0.05, 0.1) is 5.60 Å². The third-order valence-electron chi connectivity index (χ3n) is 5.08. The zero-order valence-corrected chi connectivity index (χ0v) is 14.1. The van der Waals surface area contributed by atoms with E-state index >= 15 is 0 Å². The van der Waals surface area contributed by atoms with E-state index in [0.29, 0.717) is 17.8 Å². The zero-order valence-electron chi connectivity index (χ0n) is 14.1.